The highest BCUT2D eigenvalue weighted by molar-refractivity contribution is 6.04. The zero-order valence-corrected chi connectivity index (χ0v) is 13.5. The molecule has 0 atom stereocenters. The first-order valence-electron chi connectivity index (χ1n) is 7.26. The Hall–Kier alpha value is -1.84. The summed E-state index contributed by atoms with van der Waals surface area (Å²) >= 11 is 0. The van der Waals surface area contributed by atoms with Crippen molar-refractivity contribution in [3.63, 3.8) is 0 Å². The lowest BCUT2D eigenvalue weighted by Gasteiger charge is -2.19. The van der Waals surface area contributed by atoms with Crippen molar-refractivity contribution in [2.24, 2.45) is 5.41 Å². The Morgan fingerprint density at radius 3 is 2.24 bits per heavy atom. The summed E-state index contributed by atoms with van der Waals surface area (Å²) in [7, 11) is 0. The van der Waals surface area contributed by atoms with Crippen LogP contribution in [0.25, 0.3) is 0 Å². The van der Waals surface area contributed by atoms with Crippen LogP contribution in [0.15, 0.2) is 18.2 Å². The standard InChI is InChI=1S/C17H24O4/c1-6-12-9-8-10-13(15(18)20-7-2)14(12)16(19)21-11-17(3,4)5/h8-10H,6-7,11H2,1-5H3. The first-order valence-corrected chi connectivity index (χ1v) is 7.26. The molecule has 4 nitrogen and oxygen atoms in total. The Bertz CT molecular complexity index is 512. The molecular weight excluding hydrogens is 268 g/mol. The molecule has 1 rings (SSSR count). The van der Waals surface area contributed by atoms with E-state index >= 15 is 0 Å². The summed E-state index contributed by atoms with van der Waals surface area (Å²) in [5, 5.41) is 0. The molecule has 0 bridgehead atoms. The number of hydrogen-bond acceptors (Lipinski definition) is 4. The molecule has 0 N–H and O–H groups in total. The van der Waals surface area contributed by atoms with Crippen molar-refractivity contribution in [3.05, 3.63) is 34.9 Å². The molecule has 116 valence electrons. The summed E-state index contributed by atoms with van der Waals surface area (Å²) in [5.41, 5.74) is 1.26. The van der Waals surface area contributed by atoms with Crippen molar-refractivity contribution >= 4 is 11.9 Å². The van der Waals surface area contributed by atoms with Gasteiger partial charge in [-0.15, -0.1) is 0 Å². The summed E-state index contributed by atoms with van der Waals surface area (Å²) < 4.78 is 10.4. The van der Waals surface area contributed by atoms with Gasteiger partial charge in [0.2, 0.25) is 0 Å². The van der Waals surface area contributed by atoms with Crippen LogP contribution in [-0.4, -0.2) is 25.2 Å². The zero-order valence-electron chi connectivity index (χ0n) is 13.5. The van der Waals surface area contributed by atoms with Gasteiger partial charge < -0.3 is 9.47 Å². The van der Waals surface area contributed by atoms with Crippen molar-refractivity contribution in [1.29, 1.82) is 0 Å². The average molecular weight is 292 g/mol. The summed E-state index contributed by atoms with van der Waals surface area (Å²) in [6.45, 7) is 10.2. The van der Waals surface area contributed by atoms with E-state index in [2.05, 4.69) is 0 Å². The quantitative estimate of drug-likeness (QED) is 0.778. The third-order valence-electron chi connectivity index (χ3n) is 2.87. The smallest absolute Gasteiger partial charge is 0.339 e. The van der Waals surface area contributed by atoms with E-state index < -0.39 is 11.9 Å². The Morgan fingerprint density at radius 1 is 1.05 bits per heavy atom. The molecule has 0 aliphatic heterocycles. The number of aryl methyl sites for hydroxylation is 1. The summed E-state index contributed by atoms with van der Waals surface area (Å²) in [6.07, 6.45) is 0.646. The minimum atomic E-state index is -0.490. The van der Waals surface area contributed by atoms with E-state index in [0.717, 1.165) is 5.56 Å². The van der Waals surface area contributed by atoms with E-state index in [4.69, 9.17) is 9.47 Å². The highest BCUT2D eigenvalue weighted by atomic mass is 16.5. The molecule has 21 heavy (non-hydrogen) atoms. The Labute approximate surface area is 126 Å². The highest BCUT2D eigenvalue weighted by Crippen LogP contribution is 2.20. The van der Waals surface area contributed by atoms with Crippen LogP contribution < -0.4 is 0 Å². The average Bonchev–Trinajstić information content (AvgIpc) is 2.43. The summed E-state index contributed by atoms with van der Waals surface area (Å²) in [5.74, 6) is -0.957. The van der Waals surface area contributed by atoms with Gasteiger partial charge in [-0.3, -0.25) is 0 Å². The van der Waals surface area contributed by atoms with Gasteiger partial charge in [-0.25, -0.2) is 9.59 Å². The molecular formula is C17H24O4. The fraction of sp³-hybridized carbons (Fsp3) is 0.529. The number of carbonyl (C=O) groups excluding carboxylic acids is 2. The fourth-order valence-corrected chi connectivity index (χ4v) is 1.87. The monoisotopic (exact) mass is 292 g/mol. The molecule has 0 aliphatic carbocycles. The summed E-state index contributed by atoms with van der Waals surface area (Å²) in [4.78, 5) is 24.4. The number of ether oxygens (including phenoxy) is 2. The lowest BCUT2D eigenvalue weighted by Crippen LogP contribution is -2.21. The number of carbonyl (C=O) groups is 2. The van der Waals surface area contributed by atoms with Gasteiger partial charge in [0.15, 0.2) is 0 Å². The van der Waals surface area contributed by atoms with Crippen LogP contribution in [0.1, 0.15) is 60.9 Å². The predicted molar refractivity (Wildman–Crippen MR) is 81.5 cm³/mol. The van der Waals surface area contributed by atoms with Crippen LogP contribution in [0, 0.1) is 5.41 Å². The topological polar surface area (TPSA) is 52.6 Å². The van der Waals surface area contributed by atoms with Gasteiger partial charge in [0, 0.05) is 0 Å². The molecule has 1 aromatic rings. The maximum atomic E-state index is 12.4. The van der Waals surface area contributed by atoms with E-state index in [-0.39, 0.29) is 17.6 Å². The number of esters is 2. The lowest BCUT2D eigenvalue weighted by molar-refractivity contribution is 0.0353. The molecule has 0 aromatic heterocycles. The Balaban J connectivity index is 3.12. The second-order valence-corrected chi connectivity index (χ2v) is 6.05. The van der Waals surface area contributed by atoms with Crippen molar-refractivity contribution < 1.29 is 19.1 Å². The first kappa shape index (κ1) is 17.2. The normalized spacial score (nSPS) is 11.1. The highest BCUT2D eigenvalue weighted by Gasteiger charge is 2.23. The van der Waals surface area contributed by atoms with Gasteiger partial charge in [-0.2, -0.15) is 0 Å². The minimum Gasteiger partial charge on any atom is -0.462 e. The van der Waals surface area contributed by atoms with Crippen LogP contribution in [0.2, 0.25) is 0 Å². The largest absolute Gasteiger partial charge is 0.462 e. The Morgan fingerprint density at radius 2 is 1.71 bits per heavy atom. The number of hydrogen-bond donors (Lipinski definition) is 0. The van der Waals surface area contributed by atoms with Gasteiger partial charge in [0.05, 0.1) is 24.3 Å². The van der Waals surface area contributed by atoms with Gasteiger partial charge in [-0.1, -0.05) is 39.8 Å². The van der Waals surface area contributed by atoms with Crippen LogP contribution in [0.3, 0.4) is 0 Å². The Kier molecular flexibility index (Phi) is 5.94. The fourth-order valence-electron chi connectivity index (χ4n) is 1.87. The molecule has 0 unspecified atom stereocenters. The maximum absolute atomic E-state index is 12.4. The van der Waals surface area contributed by atoms with Crippen LogP contribution in [0.4, 0.5) is 0 Å². The second-order valence-electron chi connectivity index (χ2n) is 6.05. The van der Waals surface area contributed by atoms with Crippen molar-refractivity contribution in [3.8, 4) is 0 Å². The third-order valence-corrected chi connectivity index (χ3v) is 2.87. The SMILES string of the molecule is CCOC(=O)c1cccc(CC)c1C(=O)OCC(C)(C)C. The molecule has 0 amide bonds. The van der Waals surface area contributed by atoms with Gasteiger partial charge in [0.25, 0.3) is 0 Å². The molecule has 1 aromatic carbocycles. The third kappa shape index (κ3) is 4.88. The van der Waals surface area contributed by atoms with E-state index in [1.54, 1.807) is 19.1 Å². The molecule has 0 fully saturated rings. The lowest BCUT2D eigenvalue weighted by atomic mass is 9.97. The number of rotatable bonds is 5. The van der Waals surface area contributed by atoms with Gasteiger partial charge in [-0.05, 0) is 30.4 Å². The van der Waals surface area contributed by atoms with Crippen molar-refractivity contribution in [2.75, 3.05) is 13.2 Å². The molecule has 4 heteroatoms. The molecule has 0 saturated carbocycles. The van der Waals surface area contributed by atoms with Crippen LogP contribution in [-0.2, 0) is 15.9 Å². The molecule has 0 spiro atoms. The molecule has 0 heterocycles. The van der Waals surface area contributed by atoms with Crippen molar-refractivity contribution in [2.45, 2.75) is 41.0 Å². The van der Waals surface area contributed by atoms with Crippen molar-refractivity contribution in [1.82, 2.24) is 0 Å². The predicted octanol–water partition coefficient (Wildman–Crippen LogP) is 3.63. The second kappa shape index (κ2) is 7.25. The van der Waals surface area contributed by atoms with Crippen LogP contribution >= 0.6 is 0 Å². The van der Waals surface area contributed by atoms with Gasteiger partial charge in [0.1, 0.15) is 0 Å². The summed E-state index contributed by atoms with van der Waals surface area (Å²) in [6, 6.07) is 5.19. The minimum absolute atomic E-state index is 0.124. The molecule has 0 aliphatic rings. The van der Waals surface area contributed by atoms with Gasteiger partial charge >= 0.3 is 11.9 Å². The zero-order chi connectivity index (χ0) is 16.0. The molecule has 0 radical (unpaired) electrons. The number of benzene rings is 1. The maximum Gasteiger partial charge on any atom is 0.339 e. The van der Waals surface area contributed by atoms with E-state index in [1.807, 2.05) is 33.8 Å². The first-order chi connectivity index (χ1) is 9.80. The van der Waals surface area contributed by atoms with Crippen LogP contribution in [0.5, 0.6) is 0 Å². The van der Waals surface area contributed by atoms with E-state index in [9.17, 15) is 9.59 Å². The molecule has 0 saturated heterocycles. The van der Waals surface area contributed by atoms with E-state index in [1.165, 1.54) is 0 Å². The van der Waals surface area contributed by atoms with E-state index in [0.29, 0.717) is 18.6 Å².